The molecule has 106 valence electrons. The zero-order valence-electron chi connectivity index (χ0n) is 11.8. The van der Waals surface area contributed by atoms with E-state index in [-0.39, 0.29) is 12.2 Å². The molecule has 1 aromatic rings. The first kappa shape index (κ1) is 15.3. The van der Waals surface area contributed by atoms with Crippen molar-refractivity contribution in [1.82, 2.24) is 4.90 Å². The molecule has 0 heterocycles. The molecule has 0 spiro atoms. The first-order valence-electron chi connectivity index (χ1n) is 6.17. The Morgan fingerprint density at radius 3 is 2.53 bits per heavy atom. The second-order valence-corrected chi connectivity index (χ2v) is 4.85. The third kappa shape index (κ3) is 3.17. The van der Waals surface area contributed by atoms with Gasteiger partial charge in [0.2, 0.25) is 0 Å². The molecule has 0 aliphatic rings. The van der Waals surface area contributed by atoms with E-state index in [9.17, 15) is 15.0 Å². The molecule has 0 aliphatic heterocycles. The summed E-state index contributed by atoms with van der Waals surface area (Å²) in [6.45, 7) is 3.90. The van der Waals surface area contributed by atoms with Gasteiger partial charge in [0.05, 0.1) is 6.61 Å². The lowest BCUT2D eigenvalue weighted by molar-refractivity contribution is -0.148. The monoisotopic (exact) mass is 267 g/mol. The molecule has 19 heavy (non-hydrogen) atoms. The van der Waals surface area contributed by atoms with Crippen molar-refractivity contribution in [3.8, 4) is 11.5 Å². The van der Waals surface area contributed by atoms with Crippen LogP contribution in [0.2, 0.25) is 0 Å². The van der Waals surface area contributed by atoms with Gasteiger partial charge in [0, 0.05) is 12.0 Å². The Bertz CT molecular complexity index is 459. The van der Waals surface area contributed by atoms with Crippen LogP contribution in [0.15, 0.2) is 18.2 Å². The highest BCUT2D eigenvalue weighted by molar-refractivity contribution is 5.79. The van der Waals surface area contributed by atoms with Crippen LogP contribution in [-0.4, -0.2) is 47.3 Å². The summed E-state index contributed by atoms with van der Waals surface area (Å²) in [5, 5.41) is 19.5. The van der Waals surface area contributed by atoms with Crippen molar-refractivity contribution >= 4 is 5.97 Å². The number of aromatic hydroxyl groups is 1. The van der Waals surface area contributed by atoms with E-state index in [1.54, 1.807) is 44.1 Å². The van der Waals surface area contributed by atoms with E-state index in [0.29, 0.717) is 17.9 Å². The van der Waals surface area contributed by atoms with Gasteiger partial charge in [0.1, 0.15) is 5.54 Å². The van der Waals surface area contributed by atoms with Crippen molar-refractivity contribution in [3.05, 3.63) is 23.8 Å². The molecule has 0 saturated carbocycles. The Balaban J connectivity index is 3.11. The second-order valence-electron chi connectivity index (χ2n) is 4.85. The van der Waals surface area contributed by atoms with Gasteiger partial charge >= 0.3 is 5.97 Å². The number of hydrogen-bond acceptors (Lipinski definition) is 4. The van der Waals surface area contributed by atoms with Gasteiger partial charge in [-0.3, -0.25) is 9.69 Å². The van der Waals surface area contributed by atoms with E-state index in [1.165, 1.54) is 0 Å². The van der Waals surface area contributed by atoms with Crippen LogP contribution in [0.4, 0.5) is 0 Å². The molecule has 0 aromatic heterocycles. The Morgan fingerprint density at radius 2 is 2.05 bits per heavy atom. The van der Waals surface area contributed by atoms with E-state index >= 15 is 0 Å². The third-order valence-electron chi connectivity index (χ3n) is 3.36. The minimum atomic E-state index is -1.08. The summed E-state index contributed by atoms with van der Waals surface area (Å²) < 4.78 is 5.30. The van der Waals surface area contributed by atoms with Crippen molar-refractivity contribution in [2.75, 3.05) is 20.7 Å². The highest BCUT2D eigenvalue weighted by Crippen LogP contribution is 2.33. The maximum absolute atomic E-state index is 11.4. The van der Waals surface area contributed by atoms with Crippen molar-refractivity contribution in [3.63, 3.8) is 0 Å². The van der Waals surface area contributed by atoms with Crippen LogP contribution in [0.3, 0.4) is 0 Å². The molecule has 1 rings (SSSR count). The maximum atomic E-state index is 11.4. The van der Waals surface area contributed by atoms with Crippen LogP contribution in [0.5, 0.6) is 11.5 Å². The molecule has 0 radical (unpaired) electrons. The average Bonchev–Trinajstić information content (AvgIpc) is 2.33. The minimum absolute atomic E-state index is 0.0127. The van der Waals surface area contributed by atoms with Crippen molar-refractivity contribution < 1.29 is 19.7 Å². The molecule has 1 unspecified atom stereocenters. The van der Waals surface area contributed by atoms with Gasteiger partial charge in [0.15, 0.2) is 11.5 Å². The smallest absolute Gasteiger partial charge is 0.324 e. The third-order valence-corrected chi connectivity index (χ3v) is 3.36. The molecule has 1 atom stereocenters. The van der Waals surface area contributed by atoms with Gasteiger partial charge in [-0.05, 0) is 34.0 Å². The Morgan fingerprint density at radius 1 is 1.42 bits per heavy atom. The molecule has 1 aromatic carbocycles. The summed E-state index contributed by atoms with van der Waals surface area (Å²) in [5.74, 6) is -0.538. The summed E-state index contributed by atoms with van der Waals surface area (Å²) >= 11 is 0. The number of nitrogens with zero attached hydrogens (tertiary/aromatic N) is 1. The van der Waals surface area contributed by atoms with E-state index < -0.39 is 11.5 Å². The largest absolute Gasteiger partial charge is 0.504 e. The van der Waals surface area contributed by atoms with Crippen LogP contribution in [0, 0.1) is 0 Å². The van der Waals surface area contributed by atoms with Gasteiger partial charge in [-0.25, -0.2) is 0 Å². The van der Waals surface area contributed by atoms with Gasteiger partial charge in [0.25, 0.3) is 0 Å². The highest BCUT2D eigenvalue weighted by Gasteiger charge is 2.36. The van der Waals surface area contributed by atoms with E-state index in [4.69, 9.17) is 4.74 Å². The molecule has 5 nitrogen and oxygen atoms in total. The van der Waals surface area contributed by atoms with Gasteiger partial charge in [-0.2, -0.15) is 0 Å². The number of ether oxygens (including phenoxy) is 1. The number of carboxylic acid groups (broad SMARTS) is 1. The Hall–Kier alpha value is -1.75. The molecule has 0 fully saturated rings. The molecule has 0 amide bonds. The molecule has 0 saturated heterocycles. The quantitative estimate of drug-likeness (QED) is 0.821. The zero-order valence-corrected chi connectivity index (χ0v) is 11.8. The molecule has 5 heteroatoms. The second kappa shape index (κ2) is 5.93. The summed E-state index contributed by atoms with van der Waals surface area (Å²) in [6.07, 6.45) is 0.197. The fourth-order valence-electron chi connectivity index (χ4n) is 1.78. The highest BCUT2D eigenvalue weighted by atomic mass is 16.5. The predicted molar refractivity (Wildman–Crippen MR) is 72.7 cm³/mol. The Kier molecular flexibility index (Phi) is 4.78. The number of aliphatic carboxylic acids is 1. The number of carboxylic acids is 1. The lowest BCUT2D eigenvalue weighted by atomic mass is 9.91. The normalized spacial score (nSPS) is 14.2. The van der Waals surface area contributed by atoms with Crippen molar-refractivity contribution in [2.24, 2.45) is 0 Å². The number of rotatable bonds is 6. The van der Waals surface area contributed by atoms with Gasteiger partial charge in [-0.15, -0.1) is 0 Å². The number of likely N-dealkylation sites (N-methyl/N-ethyl adjacent to an activating group) is 1. The van der Waals surface area contributed by atoms with Crippen LogP contribution in [-0.2, 0) is 11.2 Å². The number of phenols is 1. The average molecular weight is 267 g/mol. The van der Waals surface area contributed by atoms with E-state index in [0.717, 1.165) is 0 Å². The van der Waals surface area contributed by atoms with Crippen molar-refractivity contribution in [1.29, 1.82) is 0 Å². The standard InChI is InChI=1S/C14H21NO4/c1-5-19-11-8-6-7-10(12(11)16)9-14(2,13(17)18)15(3)4/h6-8,16H,5,9H2,1-4H3,(H,17,18). The lowest BCUT2D eigenvalue weighted by Gasteiger charge is -2.32. The van der Waals surface area contributed by atoms with Gasteiger partial charge < -0.3 is 14.9 Å². The first-order valence-corrected chi connectivity index (χ1v) is 6.17. The van der Waals surface area contributed by atoms with Crippen LogP contribution in [0.1, 0.15) is 19.4 Å². The molecule has 2 N–H and O–H groups in total. The lowest BCUT2D eigenvalue weighted by Crippen LogP contribution is -2.50. The van der Waals surface area contributed by atoms with Gasteiger partial charge in [-0.1, -0.05) is 12.1 Å². The fourth-order valence-corrected chi connectivity index (χ4v) is 1.78. The summed E-state index contributed by atoms with van der Waals surface area (Å²) in [5.41, 5.74) is -0.521. The topological polar surface area (TPSA) is 70.0 Å². The van der Waals surface area contributed by atoms with E-state index in [2.05, 4.69) is 0 Å². The van der Waals surface area contributed by atoms with Crippen molar-refractivity contribution in [2.45, 2.75) is 25.8 Å². The maximum Gasteiger partial charge on any atom is 0.324 e. The number of benzene rings is 1. The van der Waals surface area contributed by atoms with Crippen LogP contribution >= 0.6 is 0 Å². The summed E-state index contributed by atoms with van der Waals surface area (Å²) in [4.78, 5) is 13.1. The first-order chi connectivity index (χ1) is 8.82. The summed E-state index contributed by atoms with van der Waals surface area (Å²) in [6, 6.07) is 5.12. The molecule has 0 bridgehead atoms. The van der Waals surface area contributed by atoms with Crippen LogP contribution in [0.25, 0.3) is 0 Å². The Labute approximate surface area is 113 Å². The number of phenolic OH excluding ortho intramolecular Hbond substituents is 1. The SMILES string of the molecule is CCOc1cccc(CC(C)(C(=O)O)N(C)C)c1O. The zero-order chi connectivity index (χ0) is 14.6. The molecular formula is C14H21NO4. The predicted octanol–water partition coefficient (Wildman–Crippen LogP) is 1.74. The number of carbonyl (C=O) groups is 1. The molecule has 0 aliphatic carbocycles. The molecular weight excluding hydrogens is 246 g/mol. The fraction of sp³-hybridized carbons (Fsp3) is 0.500. The number of para-hydroxylation sites is 1. The summed E-state index contributed by atoms with van der Waals surface area (Å²) in [7, 11) is 3.41. The minimum Gasteiger partial charge on any atom is -0.504 e. The number of hydrogen-bond donors (Lipinski definition) is 2. The van der Waals surface area contributed by atoms with Crippen LogP contribution < -0.4 is 4.74 Å². The van der Waals surface area contributed by atoms with E-state index in [1.807, 2.05) is 6.92 Å².